The lowest BCUT2D eigenvalue weighted by Gasteiger charge is -2.01. The van der Waals surface area contributed by atoms with Crippen molar-refractivity contribution in [3.63, 3.8) is 0 Å². The van der Waals surface area contributed by atoms with Crippen LogP contribution in [-0.4, -0.2) is 13.1 Å². The molecule has 0 amide bonds. The fourth-order valence-corrected chi connectivity index (χ4v) is 2.38. The van der Waals surface area contributed by atoms with Crippen molar-refractivity contribution in [1.82, 2.24) is 0 Å². The van der Waals surface area contributed by atoms with Crippen molar-refractivity contribution in [3.8, 4) is 23.7 Å². The molecule has 0 aromatic heterocycles. The lowest BCUT2D eigenvalue weighted by molar-refractivity contribution is 0.0600. The Bertz CT molecular complexity index is 1040. The largest absolute Gasteiger partial charge is 0.465 e. The topological polar surface area (TPSA) is 26.3 Å². The van der Waals surface area contributed by atoms with E-state index < -0.39 is 5.97 Å². The van der Waals surface area contributed by atoms with Crippen molar-refractivity contribution in [2.75, 3.05) is 7.11 Å². The first-order chi connectivity index (χ1) is 12.8. The van der Waals surface area contributed by atoms with Gasteiger partial charge in [-0.2, -0.15) is 0 Å². The van der Waals surface area contributed by atoms with E-state index in [2.05, 4.69) is 23.7 Å². The second-order valence-corrected chi connectivity index (χ2v) is 5.45. The molecule has 0 spiro atoms. The highest BCUT2D eigenvalue weighted by Gasteiger charge is 2.08. The van der Waals surface area contributed by atoms with Crippen LogP contribution in [0.5, 0.6) is 0 Å². The summed E-state index contributed by atoms with van der Waals surface area (Å²) in [5.74, 6) is 12.1. The van der Waals surface area contributed by atoms with E-state index in [0.29, 0.717) is 11.1 Å². The van der Waals surface area contributed by atoms with Crippen LogP contribution in [0.3, 0.4) is 0 Å². The maximum atomic E-state index is 11.9. The summed E-state index contributed by atoms with van der Waals surface area (Å²) in [5.41, 5.74) is 3.70. The Hall–Kier alpha value is -3.75. The van der Waals surface area contributed by atoms with Crippen LogP contribution >= 0.6 is 0 Å². The number of carbonyl (C=O) groups excluding carboxylic acids is 1. The molecular formula is C24H16O2. The summed E-state index contributed by atoms with van der Waals surface area (Å²) in [7, 11) is 1.36. The second kappa shape index (κ2) is 8.38. The monoisotopic (exact) mass is 336 g/mol. The number of hydrogen-bond donors (Lipinski definition) is 0. The van der Waals surface area contributed by atoms with Crippen LogP contribution in [0.2, 0.25) is 0 Å². The SMILES string of the molecule is COC(=O)c1ccccc1C#Cc1ccccc1C#Cc1ccccc1. The minimum absolute atomic E-state index is 0.396. The van der Waals surface area contributed by atoms with Crippen molar-refractivity contribution >= 4 is 5.97 Å². The van der Waals surface area contributed by atoms with Crippen molar-refractivity contribution in [3.05, 3.63) is 107 Å². The van der Waals surface area contributed by atoms with Gasteiger partial charge in [0, 0.05) is 22.3 Å². The highest BCUT2D eigenvalue weighted by molar-refractivity contribution is 5.92. The van der Waals surface area contributed by atoms with Gasteiger partial charge < -0.3 is 4.74 Å². The molecule has 0 heterocycles. The van der Waals surface area contributed by atoms with Crippen LogP contribution in [-0.2, 0) is 4.74 Å². The minimum Gasteiger partial charge on any atom is -0.465 e. The lowest BCUT2D eigenvalue weighted by atomic mass is 10.0. The number of carbonyl (C=O) groups is 1. The summed E-state index contributed by atoms with van der Waals surface area (Å²) in [6.45, 7) is 0. The average molecular weight is 336 g/mol. The van der Waals surface area contributed by atoms with Gasteiger partial charge in [0.05, 0.1) is 12.7 Å². The second-order valence-electron chi connectivity index (χ2n) is 5.45. The molecule has 124 valence electrons. The van der Waals surface area contributed by atoms with Gasteiger partial charge in [0.2, 0.25) is 0 Å². The Morgan fingerprint density at radius 1 is 0.654 bits per heavy atom. The molecule has 0 unspecified atom stereocenters. The molecule has 3 aromatic rings. The summed E-state index contributed by atoms with van der Waals surface area (Å²) < 4.78 is 4.81. The summed E-state index contributed by atoms with van der Waals surface area (Å²) >= 11 is 0. The molecule has 0 saturated heterocycles. The molecule has 0 atom stereocenters. The molecule has 0 aliphatic heterocycles. The molecule has 26 heavy (non-hydrogen) atoms. The quantitative estimate of drug-likeness (QED) is 0.490. The molecule has 0 aliphatic carbocycles. The lowest BCUT2D eigenvalue weighted by Crippen LogP contribution is -2.03. The van der Waals surface area contributed by atoms with Crippen LogP contribution in [0.25, 0.3) is 0 Å². The van der Waals surface area contributed by atoms with Gasteiger partial charge in [-0.15, -0.1) is 0 Å². The standard InChI is InChI=1S/C24H16O2/c1-26-24(25)23-14-8-7-13-22(23)18-17-21-12-6-5-11-20(21)16-15-19-9-3-2-4-10-19/h2-14H,1H3. The summed E-state index contributed by atoms with van der Waals surface area (Å²) in [5, 5.41) is 0. The van der Waals surface area contributed by atoms with Crippen molar-refractivity contribution in [2.24, 2.45) is 0 Å². The van der Waals surface area contributed by atoms with Crippen molar-refractivity contribution in [2.45, 2.75) is 0 Å². The van der Waals surface area contributed by atoms with Crippen LogP contribution in [0, 0.1) is 23.7 Å². The van der Waals surface area contributed by atoms with E-state index in [1.807, 2.05) is 60.7 Å². The van der Waals surface area contributed by atoms with Gasteiger partial charge in [0.1, 0.15) is 0 Å². The number of methoxy groups -OCH3 is 1. The maximum Gasteiger partial charge on any atom is 0.339 e. The number of esters is 1. The number of ether oxygens (including phenoxy) is 1. The van der Waals surface area contributed by atoms with Gasteiger partial charge in [-0.3, -0.25) is 0 Å². The predicted octanol–water partition coefficient (Wildman–Crippen LogP) is 4.27. The zero-order valence-corrected chi connectivity index (χ0v) is 14.3. The highest BCUT2D eigenvalue weighted by atomic mass is 16.5. The van der Waals surface area contributed by atoms with E-state index in [1.165, 1.54) is 7.11 Å². The summed E-state index contributed by atoms with van der Waals surface area (Å²) in [4.78, 5) is 11.9. The Kier molecular flexibility index (Phi) is 5.51. The smallest absolute Gasteiger partial charge is 0.339 e. The van der Waals surface area contributed by atoms with Crippen LogP contribution in [0.1, 0.15) is 32.6 Å². The zero-order valence-electron chi connectivity index (χ0n) is 14.3. The normalized spacial score (nSPS) is 9.27. The molecule has 0 radical (unpaired) electrons. The molecule has 2 nitrogen and oxygen atoms in total. The van der Waals surface area contributed by atoms with Gasteiger partial charge in [-0.1, -0.05) is 66.1 Å². The fourth-order valence-electron chi connectivity index (χ4n) is 2.38. The Morgan fingerprint density at radius 2 is 1.15 bits per heavy atom. The van der Waals surface area contributed by atoms with Gasteiger partial charge in [-0.05, 0) is 36.4 Å². The van der Waals surface area contributed by atoms with Gasteiger partial charge in [0.25, 0.3) is 0 Å². The first-order valence-electron chi connectivity index (χ1n) is 8.13. The van der Waals surface area contributed by atoms with E-state index in [0.717, 1.165) is 16.7 Å². The molecule has 3 rings (SSSR count). The molecule has 2 heteroatoms. The fraction of sp³-hybridized carbons (Fsp3) is 0.0417. The molecule has 0 N–H and O–H groups in total. The number of rotatable bonds is 1. The summed E-state index contributed by atoms with van der Waals surface area (Å²) in [6.07, 6.45) is 0. The maximum absolute atomic E-state index is 11.9. The van der Waals surface area contributed by atoms with E-state index in [1.54, 1.807) is 18.2 Å². The number of benzene rings is 3. The van der Waals surface area contributed by atoms with Crippen LogP contribution in [0.4, 0.5) is 0 Å². The van der Waals surface area contributed by atoms with E-state index >= 15 is 0 Å². The Morgan fingerprint density at radius 3 is 1.81 bits per heavy atom. The Balaban J connectivity index is 1.96. The van der Waals surface area contributed by atoms with Gasteiger partial charge in [0.15, 0.2) is 0 Å². The van der Waals surface area contributed by atoms with Gasteiger partial charge in [-0.25, -0.2) is 4.79 Å². The molecule has 0 aliphatic rings. The Labute approximate surface area is 153 Å². The third-order valence-electron chi connectivity index (χ3n) is 3.71. The molecule has 0 bridgehead atoms. The van der Waals surface area contributed by atoms with Crippen LogP contribution in [0.15, 0.2) is 78.9 Å². The van der Waals surface area contributed by atoms with Gasteiger partial charge >= 0.3 is 5.97 Å². The number of hydrogen-bond acceptors (Lipinski definition) is 2. The van der Waals surface area contributed by atoms with Crippen molar-refractivity contribution in [1.29, 1.82) is 0 Å². The third kappa shape index (κ3) is 4.20. The van der Waals surface area contributed by atoms with E-state index in [9.17, 15) is 4.79 Å². The molecular weight excluding hydrogens is 320 g/mol. The highest BCUT2D eigenvalue weighted by Crippen LogP contribution is 2.11. The zero-order chi connectivity index (χ0) is 18.2. The van der Waals surface area contributed by atoms with Crippen LogP contribution < -0.4 is 0 Å². The predicted molar refractivity (Wildman–Crippen MR) is 103 cm³/mol. The molecule has 3 aromatic carbocycles. The third-order valence-corrected chi connectivity index (χ3v) is 3.71. The van der Waals surface area contributed by atoms with E-state index in [4.69, 9.17) is 4.74 Å². The minimum atomic E-state index is -0.396. The summed E-state index contributed by atoms with van der Waals surface area (Å²) in [6, 6.07) is 24.7. The first-order valence-corrected chi connectivity index (χ1v) is 8.13. The van der Waals surface area contributed by atoms with E-state index in [-0.39, 0.29) is 0 Å². The van der Waals surface area contributed by atoms with Crippen molar-refractivity contribution < 1.29 is 9.53 Å². The molecule has 0 saturated carbocycles. The molecule has 0 fully saturated rings. The average Bonchev–Trinajstić information content (AvgIpc) is 2.71. The first kappa shape index (κ1) is 17.1.